The van der Waals surface area contributed by atoms with Crippen molar-refractivity contribution in [1.82, 2.24) is 0 Å². The minimum atomic E-state index is -1.92. The molecular weight excluding hydrogens is 262 g/mol. The molecule has 0 saturated carbocycles. The Morgan fingerprint density at radius 1 is 1.15 bits per heavy atom. The first-order valence-corrected chi connectivity index (χ1v) is 10.7. The van der Waals surface area contributed by atoms with Gasteiger partial charge in [0.1, 0.15) is 0 Å². The fourth-order valence-electron chi connectivity index (χ4n) is 0.961. The third kappa shape index (κ3) is 10.9. The molecule has 4 heteroatoms. The van der Waals surface area contributed by atoms with Gasteiger partial charge in [-0.3, -0.25) is 0 Å². The summed E-state index contributed by atoms with van der Waals surface area (Å²) < 4.78 is 0. The predicted octanol–water partition coefficient (Wildman–Crippen LogP) is 4.81. The molecule has 0 aromatic heterocycles. The summed E-state index contributed by atoms with van der Waals surface area (Å²) in [7, 11) is 14.9. The number of unbranched alkanes of at least 4 members (excludes halogenated alkanes) is 1. The van der Waals surface area contributed by atoms with Gasteiger partial charge < -0.3 is 0 Å². The van der Waals surface area contributed by atoms with E-state index in [1.165, 1.54) is 24.8 Å². The number of hydrogen-bond acceptors (Lipinski definition) is 0. The normalized spacial score (nSPS) is 8.92. The van der Waals surface area contributed by atoms with Crippen LogP contribution in [0.15, 0.2) is 24.3 Å². The van der Waals surface area contributed by atoms with Crippen molar-refractivity contribution in [3.8, 4) is 0 Å². The van der Waals surface area contributed by atoms with Crippen LogP contribution in [0.2, 0.25) is 0 Å². The summed E-state index contributed by atoms with van der Waals surface area (Å²) in [5, 5.41) is 0. The van der Waals surface area contributed by atoms with E-state index in [-0.39, 0.29) is 0 Å². The van der Waals surface area contributed by atoms with E-state index in [0.29, 0.717) is 0 Å². The zero-order chi connectivity index (χ0) is 10.1. The average Bonchev–Trinajstić information content (AvgIpc) is 2.51. The van der Waals surface area contributed by atoms with Crippen LogP contribution in [-0.4, -0.2) is 0 Å². The summed E-state index contributed by atoms with van der Waals surface area (Å²) in [6.45, 7) is 2.23. The number of hydrogen-bond donors (Lipinski definition) is 0. The predicted molar refractivity (Wildman–Crippen MR) is 58.2 cm³/mol. The molecule has 0 N–H and O–H groups in total. The molecule has 0 atom stereocenters. The standard InChI is InChI=1S/C9H13.3ClH.Ti/c1-2-3-6-9-7-4-5-8-9;;;;/h4-5,7-8H,2-3,6H2,1H3;3*1H;/q-1;;;;+4/p-3. The molecular formula is C9H13Cl3Ti. The van der Waals surface area contributed by atoms with Gasteiger partial charge >= 0.3 is 42.6 Å². The molecule has 0 unspecified atom stereocenters. The first kappa shape index (κ1) is 13.9. The Balaban J connectivity index is 0.000000310. The van der Waals surface area contributed by atoms with Crippen molar-refractivity contribution in [3.63, 3.8) is 0 Å². The second-order valence-corrected chi connectivity index (χ2v) is 10.3. The number of halogens is 3. The Labute approximate surface area is 98.0 Å². The van der Waals surface area contributed by atoms with Gasteiger partial charge in [-0.25, -0.2) is 12.1 Å². The van der Waals surface area contributed by atoms with Crippen LogP contribution < -0.4 is 0 Å². The van der Waals surface area contributed by atoms with Crippen LogP contribution in [0.5, 0.6) is 0 Å². The van der Waals surface area contributed by atoms with Gasteiger partial charge in [-0.1, -0.05) is 26.2 Å². The first-order valence-electron chi connectivity index (χ1n) is 4.20. The molecule has 0 aliphatic heterocycles. The molecule has 0 spiro atoms. The third-order valence-electron chi connectivity index (χ3n) is 1.55. The van der Waals surface area contributed by atoms with E-state index in [1.54, 1.807) is 0 Å². The Kier molecular flexibility index (Phi) is 10.2. The molecule has 0 saturated heterocycles. The molecule has 0 radical (unpaired) electrons. The molecule has 0 fully saturated rings. The second kappa shape index (κ2) is 9.49. The van der Waals surface area contributed by atoms with E-state index in [9.17, 15) is 0 Å². The van der Waals surface area contributed by atoms with Crippen LogP contribution in [0.3, 0.4) is 0 Å². The van der Waals surface area contributed by atoms with Gasteiger partial charge in [0.25, 0.3) is 0 Å². The van der Waals surface area contributed by atoms with Gasteiger partial charge in [-0.2, -0.15) is 17.7 Å². The Morgan fingerprint density at radius 3 is 2.00 bits per heavy atom. The fraction of sp³-hybridized carbons (Fsp3) is 0.444. The molecule has 0 bridgehead atoms. The van der Waals surface area contributed by atoms with Crippen molar-refractivity contribution >= 4 is 27.9 Å². The van der Waals surface area contributed by atoms with Crippen LogP contribution >= 0.6 is 27.9 Å². The van der Waals surface area contributed by atoms with Crippen molar-refractivity contribution in [2.45, 2.75) is 26.2 Å². The molecule has 0 amide bonds. The molecule has 0 nitrogen and oxygen atoms in total. The quantitative estimate of drug-likeness (QED) is 0.548. The summed E-state index contributed by atoms with van der Waals surface area (Å²) in [5.41, 5.74) is 1.48. The zero-order valence-electron chi connectivity index (χ0n) is 7.56. The molecule has 1 aromatic carbocycles. The van der Waals surface area contributed by atoms with Crippen LogP contribution in [0, 0.1) is 0 Å². The zero-order valence-corrected chi connectivity index (χ0v) is 11.4. The van der Waals surface area contributed by atoms with Crippen molar-refractivity contribution in [2.75, 3.05) is 0 Å². The monoisotopic (exact) mass is 274 g/mol. The molecule has 0 aliphatic rings. The van der Waals surface area contributed by atoms with E-state index < -0.39 is 14.7 Å². The molecule has 1 aromatic rings. The van der Waals surface area contributed by atoms with E-state index in [0.717, 1.165) is 0 Å². The SMILES string of the molecule is CCCC[c-]1cccc1.[Cl][Ti+]([Cl])[Cl]. The third-order valence-corrected chi connectivity index (χ3v) is 1.55. The summed E-state index contributed by atoms with van der Waals surface area (Å²) in [4.78, 5) is 0. The van der Waals surface area contributed by atoms with E-state index >= 15 is 0 Å². The van der Waals surface area contributed by atoms with Crippen molar-refractivity contribution in [2.24, 2.45) is 0 Å². The van der Waals surface area contributed by atoms with Gasteiger partial charge in [0.2, 0.25) is 0 Å². The second-order valence-electron chi connectivity index (χ2n) is 2.61. The van der Waals surface area contributed by atoms with Crippen LogP contribution in [-0.2, 0) is 21.1 Å². The van der Waals surface area contributed by atoms with Crippen molar-refractivity contribution < 1.29 is 14.7 Å². The number of aryl methyl sites for hydroxylation is 1. The summed E-state index contributed by atoms with van der Waals surface area (Å²) >= 11 is -1.92. The Hall–Kier alpha value is 0.934. The van der Waals surface area contributed by atoms with Crippen molar-refractivity contribution in [3.05, 3.63) is 29.8 Å². The maximum atomic E-state index is 4.97. The van der Waals surface area contributed by atoms with Crippen LogP contribution in [0.1, 0.15) is 25.3 Å². The Bertz CT molecular complexity index is 182. The van der Waals surface area contributed by atoms with Gasteiger partial charge in [-0.05, 0) is 0 Å². The maximum absolute atomic E-state index is 4.97. The topological polar surface area (TPSA) is 0 Å². The number of rotatable bonds is 3. The molecule has 1 rings (SSSR count). The van der Waals surface area contributed by atoms with Crippen molar-refractivity contribution in [1.29, 1.82) is 0 Å². The molecule has 74 valence electrons. The van der Waals surface area contributed by atoms with Crippen LogP contribution in [0.25, 0.3) is 0 Å². The summed E-state index contributed by atoms with van der Waals surface area (Å²) in [6.07, 6.45) is 3.87. The summed E-state index contributed by atoms with van der Waals surface area (Å²) in [6, 6.07) is 8.58. The van der Waals surface area contributed by atoms with E-state index in [4.69, 9.17) is 27.9 Å². The van der Waals surface area contributed by atoms with E-state index in [1.807, 2.05) is 0 Å². The molecule has 13 heavy (non-hydrogen) atoms. The molecule has 0 aliphatic carbocycles. The van der Waals surface area contributed by atoms with Gasteiger partial charge in [0.05, 0.1) is 0 Å². The Morgan fingerprint density at radius 2 is 1.62 bits per heavy atom. The van der Waals surface area contributed by atoms with Gasteiger partial charge in [0.15, 0.2) is 0 Å². The minimum absolute atomic E-state index is 1.25. The average molecular weight is 275 g/mol. The van der Waals surface area contributed by atoms with E-state index in [2.05, 4.69) is 31.2 Å². The fourth-order valence-corrected chi connectivity index (χ4v) is 0.961. The summed E-state index contributed by atoms with van der Waals surface area (Å²) in [5.74, 6) is 0. The molecule has 0 heterocycles. The first-order chi connectivity index (χ1) is 6.16. The van der Waals surface area contributed by atoms with Crippen LogP contribution in [0.4, 0.5) is 0 Å². The van der Waals surface area contributed by atoms with Gasteiger partial charge in [-0.15, -0.1) is 0 Å². The van der Waals surface area contributed by atoms with Gasteiger partial charge in [0, 0.05) is 0 Å².